The Bertz CT molecular complexity index is 1100. The zero-order chi connectivity index (χ0) is 22.6. The molecule has 2 aliphatic heterocycles. The lowest BCUT2D eigenvalue weighted by Gasteiger charge is -2.32. The van der Waals surface area contributed by atoms with E-state index in [1.54, 1.807) is 0 Å². The maximum atomic E-state index is 12.6. The predicted molar refractivity (Wildman–Crippen MR) is 136 cm³/mol. The maximum absolute atomic E-state index is 12.6. The van der Waals surface area contributed by atoms with E-state index >= 15 is 0 Å². The Labute approximate surface area is 201 Å². The summed E-state index contributed by atoms with van der Waals surface area (Å²) >= 11 is 6.49. The molecular weight excluding hydrogens is 430 g/mol. The fraction of sp³-hybridized carbons (Fsp3) is 0.464. The maximum Gasteiger partial charge on any atom is 0.222 e. The Morgan fingerprint density at radius 3 is 2.64 bits per heavy atom. The fourth-order valence-corrected chi connectivity index (χ4v) is 5.89. The molecule has 2 aliphatic rings. The molecule has 0 bridgehead atoms. The van der Waals surface area contributed by atoms with Crippen molar-refractivity contribution in [1.29, 1.82) is 0 Å². The van der Waals surface area contributed by atoms with Crippen molar-refractivity contribution in [3.05, 3.63) is 70.4 Å². The molecule has 0 aliphatic carbocycles. The van der Waals surface area contributed by atoms with E-state index in [9.17, 15) is 4.79 Å². The summed E-state index contributed by atoms with van der Waals surface area (Å²) in [4.78, 5) is 20.7. The molecule has 0 spiro atoms. The van der Waals surface area contributed by atoms with Crippen LogP contribution in [0.5, 0.6) is 0 Å². The number of carbonyl (C=O) groups excluding carboxylic acids is 1. The Hall–Kier alpha value is -2.30. The molecule has 5 heteroatoms. The average molecular weight is 464 g/mol. The van der Waals surface area contributed by atoms with Gasteiger partial charge in [-0.1, -0.05) is 48.4 Å². The number of H-pyrrole nitrogens is 1. The number of piperidine rings is 1. The van der Waals surface area contributed by atoms with Crippen LogP contribution in [0.2, 0.25) is 5.02 Å². The second kappa shape index (κ2) is 10.3. The molecule has 1 fully saturated rings. The van der Waals surface area contributed by atoms with E-state index in [2.05, 4.69) is 46.4 Å². The number of rotatable bonds is 7. The fourth-order valence-electron chi connectivity index (χ4n) is 5.61. The monoisotopic (exact) mass is 463 g/mol. The van der Waals surface area contributed by atoms with Crippen LogP contribution in [-0.2, 0) is 17.8 Å². The molecule has 3 heterocycles. The Balaban J connectivity index is 1.01. The van der Waals surface area contributed by atoms with Gasteiger partial charge in [0.15, 0.2) is 0 Å². The first-order valence-corrected chi connectivity index (χ1v) is 12.9. The third kappa shape index (κ3) is 5.12. The number of aromatic amines is 1. The molecule has 4 nitrogen and oxygen atoms in total. The van der Waals surface area contributed by atoms with Crippen molar-refractivity contribution >= 4 is 28.4 Å². The van der Waals surface area contributed by atoms with E-state index in [1.807, 2.05) is 17.0 Å². The topological polar surface area (TPSA) is 39.3 Å². The minimum absolute atomic E-state index is 0.322. The van der Waals surface area contributed by atoms with Crippen molar-refractivity contribution < 1.29 is 4.79 Å². The number of nitrogens with one attached hydrogen (secondary N) is 1. The zero-order valence-corrected chi connectivity index (χ0v) is 20.1. The number of halogens is 1. The summed E-state index contributed by atoms with van der Waals surface area (Å²) in [6.07, 6.45) is 9.53. The molecule has 1 N–H and O–H groups in total. The van der Waals surface area contributed by atoms with E-state index in [1.165, 1.54) is 41.3 Å². The number of hydrogen-bond acceptors (Lipinski definition) is 2. The summed E-state index contributed by atoms with van der Waals surface area (Å²) in [7, 11) is 0. The number of benzene rings is 2. The van der Waals surface area contributed by atoms with Crippen molar-refractivity contribution in [3.8, 4) is 0 Å². The van der Waals surface area contributed by atoms with Crippen LogP contribution in [0.15, 0.2) is 48.7 Å². The lowest BCUT2D eigenvalue weighted by molar-refractivity contribution is -0.132. The largest absolute Gasteiger partial charge is 0.361 e. The lowest BCUT2D eigenvalue weighted by Crippen LogP contribution is -2.35. The first-order valence-electron chi connectivity index (χ1n) is 12.5. The second-order valence-corrected chi connectivity index (χ2v) is 10.1. The summed E-state index contributed by atoms with van der Waals surface area (Å²) in [5.41, 5.74) is 5.24. The van der Waals surface area contributed by atoms with Crippen LogP contribution in [0.1, 0.15) is 61.1 Å². The normalized spacial score (nSPS) is 17.4. The minimum Gasteiger partial charge on any atom is -0.361 e. The molecule has 1 amide bonds. The van der Waals surface area contributed by atoms with E-state index in [-0.39, 0.29) is 0 Å². The van der Waals surface area contributed by atoms with Crippen LogP contribution in [0, 0.1) is 0 Å². The Morgan fingerprint density at radius 2 is 1.79 bits per heavy atom. The summed E-state index contributed by atoms with van der Waals surface area (Å²) < 4.78 is 0. The third-order valence-corrected chi connectivity index (χ3v) is 7.88. The summed E-state index contributed by atoms with van der Waals surface area (Å²) in [5, 5.41) is 2.06. The van der Waals surface area contributed by atoms with Gasteiger partial charge in [-0.2, -0.15) is 0 Å². The first-order chi connectivity index (χ1) is 16.2. The highest BCUT2D eigenvalue weighted by molar-refractivity contribution is 6.35. The standard InChI is InChI=1S/C28H34ClN3O/c29-25-9-6-10-26-28(25)24(19-30-26)22-12-16-31(17-13-22)15-5-1-2-11-27(33)32-18-14-21-7-3-4-8-23(21)20-32/h3-4,6-10,19,22,30H,1-2,5,11-18,20H2. The Kier molecular flexibility index (Phi) is 7.03. The van der Waals surface area contributed by atoms with Crippen LogP contribution in [0.3, 0.4) is 0 Å². The number of hydrogen-bond donors (Lipinski definition) is 1. The summed E-state index contributed by atoms with van der Waals surface area (Å²) in [5.74, 6) is 0.907. The van der Waals surface area contributed by atoms with Crippen LogP contribution < -0.4 is 0 Å². The van der Waals surface area contributed by atoms with Crippen LogP contribution >= 0.6 is 11.6 Å². The SMILES string of the molecule is O=C(CCCCCN1CCC(c2c[nH]c3cccc(Cl)c23)CC1)N1CCc2ccccc2C1. The van der Waals surface area contributed by atoms with Crippen molar-refractivity contribution in [1.82, 2.24) is 14.8 Å². The third-order valence-electron chi connectivity index (χ3n) is 7.56. The smallest absolute Gasteiger partial charge is 0.222 e. The molecule has 1 saturated heterocycles. The van der Waals surface area contributed by atoms with Gasteiger partial charge in [0.2, 0.25) is 5.91 Å². The van der Waals surface area contributed by atoms with Gasteiger partial charge in [-0.25, -0.2) is 0 Å². The Morgan fingerprint density at radius 1 is 0.970 bits per heavy atom. The quantitative estimate of drug-likeness (QED) is 0.427. The van der Waals surface area contributed by atoms with Gasteiger partial charge in [0.25, 0.3) is 0 Å². The van der Waals surface area contributed by atoms with Crippen LogP contribution in [-0.4, -0.2) is 46.9 Å². The number of carbonyl (C=O) groups is 1. The zero-order valence-electron chi connectivity index (χ0n) is 19.4. The van der Waals surface area contributed by atoms with Gasteiger partial charge in [-0.3, -0.25) is 4.79 Å². The molecule has 5 rings (SSSR count). The van der Waals surface area contributed by atoms with Crippen molar-refractivity contribution in [2.24, 2.45) is 0 Å². The molecule has 0 atom stereocenters. The molecular formula is C28H34ClN3O. The minimum atomic E-state index is 0.322. The average Bonchev–Trinajstić information content (AvgIpc) is 3.29. The van der Waals surface area contributed by atoms with Gasteiger partial charge in [0.1, 0.15) is 0 Å². The molecule has 1 aromatic heterocycles. The van der Waals surface area contributed by atoms with E-state index in [4.69, 9.17) is 11.6 Å². The lowest BCUT2D eigenvalue weighted by atomic mass is 9.89. The molecule has 0 unspecified atom stereocenters. The van der Waals surface area contributed by atoms with Crippen LogP contribution in [0.4, 0.5) is 0 Å². The number of fused-ring (bicyclic) bond motifs is 2. The highest BCUT2D eigenvalue weighted by Gasteiger charge is 2.24. The van der Waals surface area contributed by atoms with Crippen molar-refractivity contribution in [3.63, 3.8) is 0 Å². The predicted octanol–water partition coefficient (Wildman–Crippen LogP) is 6.15. The molecule has 3 aromatic rings. The van der Waals surface area contributed by atoms with Gasteiger partial charge in [0.05, 0.1) is 5.02 Å². The van der Waals surface area contributed by atoms with E-state index in [0.29, 0.717) is 18.2 Å². The van der Waals surface area contributed by atoms with Crippen molar-refractivity contribution in [2.45, 2.75) is 57.4 Å². The molecule has 0 saturated carbocycles. The number of unbranched alkanes of at least 4 members (excludes halogenated alkanes) is 2. The van der Waals surface area contributed by atoms with Gasteiger partial charge < -0.3 is 14.8 Å². The highest BCUT2D eigenvalue weighted by atomic mass is 35.5. The number of likely N-dealkylation sites (tertiary alicyclic amines) is 1. The van der Waals surface area contributed by atoms with Gasteiger partial charge in [-0.15, -0.1) is 0 Å². The van der Waals surface area contributed by atoms with Gasteiger partial charge in [0, 0.05) is 36.6 Å². The second-order valence-electron chi connectivity index (χ2n) is 9.67. The first kappa shape index (κ1) is 22.5. The molecule has 2 aromatic carbocycles. The summed E-state index contributed by atoms with van der Waals surface area (Å²) in [6, 6.07) is 14.6. The van der Waals surface area contributed by atoms with Gasteiger partial charge in [-0.05, 0) is 86.5 Å². The molecule has 0 radical (unpaired) electrons. The number of nitrogens with zero attached hydrogens (tertiary/aromatic N) is 2. The number of amides is 1. The van der Waals surface area contributed by atoms with E-state index < -0.39 is 0 Å². The van der Waals surface area contributed by atoms with Crippen molar-refractivity contribution in [2.75, 3.05) is 26.2 Å². The molecule has 174 valence electrons. The van der Waals surface area contributed by atoms with Gasteiger partial charge >= 0.3 is 0 Å². The highest BCUT2D eigenvalue weighted by Crippen LogP contribution is 2.36. The van der Waals surface area contributed by atoms with E-state index in [0.717, 1.165) is 62.5 Å². The molecule has 33 heavy (non-hydrogen) atoms. The van der Waals surface area contributed by atoms with Crippen LogP contribution in [0.25, 0.3) is 10.9 Å². The number of aromatic nitrogens is 1. The summed E-state index contributed by atoms with van der Waals surface area (Å²) in [6.45, 7) is 5.09.